The van der Waals surface area contributed by atoms with Gasteiger partial charge in [-0.05, 0) is 37.0 Å². The van der Waals surface area contributed by atoms with Gasteiger partial charge < -0.3 is 5.73 Å². The predicted octanol–water partition coefficient (Wildman–Crippen LogP) is -0.0910. The van der Waals surface area contributed by atoms with Gasteiger partial charge in [-0.2, -0.15) is 0 Å². The Morgan fingerprint density at radius 3 is 2.57 bits per heavy atom. The summed E-state index contributed by atoms with van der Waals surface area (Å²) < 4.78 is 24.4. The zero-order valence-corrected chi connectivity index (χ0v) is 9.26. The van der Waals surface area contributed by atoms with Gasteiger partial charge in [0.15, 0.2) is 0 Å². The predicted molar refractivity (Wildman–Crippen MR) is 55.1 cm³/mol. The third-order valence-corrected chi connectivity index (χ3v) is 4.30. The zero-order chi connectivity index (χ0) is 10.3. The molecule has 4 nitrogen and oxygen atoms in total. The quantitative estimate of drug-likeness (QED) is 0.695. The first kappa shape index (κ1) is 10.4. The van der Waals surface area contributed by atoms with Crippen molar-refractivity contribution in [3.63, 3.8) is 0 Å². The van der Waals surface area contributed by atoms with E-state index in [1.165, 1.54) is 6.26 Å². The second-order valence-corrected chi connectivity index (χ2v) is 6.61. The van der Waals surface area contributed by atoms with Gasteiger partial charge in [0.1, 0.15) is 0 Å². The molecular weight excluding hydrogens is 200 g/mol. The summed E-state index contributed by atoms with van der Waals surface area (Å²) in [5.74, 6) is 1.95. The molecule has 0 heterocycles. The highest BCUT2D eigenvalue weighted by atomic mass is 32.2. The van der Waals surface area contributed by atoms with Crippen molar-refractivity contribution in [2.24, 2.45) is 23.5 Å². The monoisotopic (exact) mass is 218 g/mol. The average Bonchev–Trinajstić information content (AvgIpc) is 2.37. The average molecular weight is 218 g/mol. The molecule has 0 spiro atoms. The molecule has 3 N–H and O–H groups in total. The maximum absolute atomic E-state index is 10.9. The Balaban J connectivity index is 1.80. The van der Waals surface area contributed by atoms with Crippen molar-refractivity contribution in [1.82, 2.24) is 4.72 Å². The number of hydrogen-bond donors (Lipinski definition) is 2. The summed E-state index contributed by atoms with van der Waals surface area (Å²) in [6.07, 6.45) is 4.61. The van der Waals surface area contributed by atoms with Crippen LogP contribution in [0.3, 0.4) is 0 Å². The molecule has 0 aromatic rings. The summed E-state index contributed by atoms with van der Waals surface area (Å²) in [5.41, 5.74) is 5.87. The van der Waals surface area contributed by atoms with Crippen LogP contribution in [0.5, 0.6) is 0 Å². The molecule has 2 fully saturated rings. The Labute approximate surface area is 85.3 Å². The largest absolute Gasteiger partial charge is 0.327 e. The Hall–Kier alpha value is -0.130. The van der Waals surface area contributed by atoms with Crippen LogP contribution in [0.1, 0.15) is 19.3 Å². The molecule has 82 valence electrons. The minimum atomic E-state index is -3.02. The molecule has 5 heteroatoms. The van der Waals surface area contributed by atoms with Gasteiger partial charge in [0.25, 0.3) is 0 Å². The zero-order valence-electron chi connectivity index (χ0n) is 8.44. The fourth-order valence-corrected chi connectivity index (χ4v) is 3.37. The van der Waals surface area contributed by atoms with Gasteiger partial charge >= 0.3 is 0 Å². The summed E-state index contributed by atoms with van der Waals surface area (Å²) in [6.45, 7) is 0.596. The Morgan fingerprint density at radius 2 is 2.07 bits per heavy atom. The van der Waals surface area contributed by atoms with Crippen molar-refractivity contribution in [3.8, 4) is 0 Å². The molecule has 0 aromatic heterocycles. The summed E-state index contributed by atoms with van der Waals surface area (Å²) in [5, 5.41) is 0. The molecule has 4 atom stereocenters. The van der Waals surface area contributed by atoms with Crippen molar-refractivity contribution in [2.45, 2.75) is 25.3 Å². The second kappa shape index (κ2) is 3.47. The van der Waals surface area contributed by atoms with E-state index in [4.69, 9.17) is 5.73 Å². The standard InChI is InChI=1S/C9H18N2O2S/c1-14(12,13)11-5-6-2-7-4-9(10)8(7)3-6/h6-9,11H,2-5,10H2,1H3. The van der Waals surface area contributed by atoms with Gasteiger partial charge in [0.2, 0.25) is 10.0 Å². The van der Waals surface area contributed by atoms with E-state index in [0.717, 1.165) is 25.2 Å². The lowest BCUT2D eigenvalue weighted by Crippen LogP contribution is -2.44. The van der Waals surface area contributed by atoms with Crippen molar-refractivity contribution >= 4 is 10.0 Å². The van der Waals surface area contributed by atoms with Crippen LogP contribution < -0.4 is 10.5 Å². The van der Waals surface area contributed by atoms with Crippen LogP contribution in [0.15, 0.2) is 0 Å². The van der Waals surface area contributed by atoms with E-state index >= 15 is 0 Å². The first-order valence-electron chi connectivity index (χ1n) is 5.16. The molecule has 2 saturated carbocycles. The molecule has 0 saturated heterocycles. The fourth-order valence-electron chi connectivity index (χ4n) is 2.84. The summed E-state index contributed by atoms with van der Waals surface area (Å²) in [4.78, 5) is 0. The molecule has 2 rings (SSSR count). The molecule has 14 heavy (non-hydrogen) atoms. The lowest BCUT2D eigenvalue weighted by molar-refractivity contribution is 0.173. The topological polar surface area (TPSA) is 72.2 Å². The number of sulfonamides is 1. The third-order valence-electron chi connectivity index (χ3n) is 3.61. The first-order chi connectivity index (χ1) is 6.46. The number of nitrogens with two attached hydrogens (primary N) is 1. The lowest BCUT2D eigenvalue weighted by Gasteiger charge is -2.37. The van der Waals surface area contributed by atoms with E-state index in [2.05, 4.69) is 4.72 Å². The lowest BCUT2D eigenvalue weighted by atomic mass is 9.72. The highest BCUT2D eigenvalue weighted by molar-refractivity contribution is 7.88. The summed E-state index contributed by atoms with van der Waals surface area (Å²) in [7, 11) is -3.02. The Morgan fingerprint density at radius 1 is 1.36 bits per heavy atom. The number of hydrogen-bond acceptors (Lipinski definition) is 3. The maximum Gasteiger partial charge on any atom is 0.208 e. The maximum atomic E-state index is 10.9. The highest BCUT2D eigenvalue weighted by Gasteiger charge is 2.45. The molecular formula is C9H18N2O2S. The van der Waals surface area contributed by atoms with E-state index in [0.29, 0.717) is 24.4 Å². The SMILES string of the molecule is CS(=O)(=O)NCC1CC2CC(N)C2C1. The Bertz CT molecular complexity index is 315. The summed E-state index contributed by atoms with van der Waals surface area (Å²) >= 11 is 0. The van der Waals surface area contributed by atoms with Crippen LogP contribution in [-0.2, 0) is 10.0 Å². The molecule has 2 aliphatic carbocycles. The van der Waals surface area contributed by atoms with Crippen LogP contribution in [0.4, 0.5) is 0 Å². The van der Waals surface area contributed by atoms with Gasteiger partial charge in [-0.25, -0.2) is 13.1 Å². The van der Waals surface area contributed by atoms with E-state index in [1.54, 1.807) is 0 Å². The molecule has 0 aliphatic heterocycles. The van der Waals surface area contributed by atoms with Gasteiger partial charge in [-0.3, -0.25) is 0 Å². The van der Waals surface area contributed by atoms with Gasteiger partial charge in [0.05, 0.1) is 6.26 Å². The van der Waals surface area contributed by atoms with Crippen molar-refractivity contribution in [3.05, 3.63) is 0 Å². The van der Waals surface area contributed by atoms with Crippen LogP contribution in [-0.4, -0.2) is 27.3 Å². The number of rotatable bonds is 3. The third kappa shape index (κ3) is 2.10. The Kier molecular flexibility index (Phi) is 2.57. The molecule has 4 unspecified atom stereocenters. The molecule has 2 aliphatic rings. The van der Waals surface area contributed by atoms with Crippen molar-refractivity contribution < 1.29 is 8.42 Å². The van der Waals surface area contributed by atoms with Gasteiger partial charge in [0, 0.05) is 12.6 Å². The normalized spacial score (nSPS) is 41.9. The van der Waals surface area contributed by atoms with Crippen LogP contribution in [0, 0.1) is 17.8 Å². The number of fused-ring (bicyclic) bond motifs is 1. The highest BCUT2D eigenvalue weighted by Crippen LogP contribution is 2.48. The molecule has 0 bridgehead atoms. The van der Waals surface area contributed by atoms with Crippen LogP contribution in [0.2, 0.25) is 0 Å². The second-order valence-electron chi connectivity index (χ2n) is 4.78. The smallest absolute Gasteiger partial charge is 0.208 e. The summed E-state index contributed by atoms with van der Waals surface area (Å²) in [6, 6.07) is 0.378. The van der Waals surface area contributed by atoms with Crippen LogP contribution >= 0.6 is 0 Å². The van der Waals surface area contributed by atoms with Crippen molar-refractivity contribution in [2.75, 3.05) is 12.8 Å². The minimum Gasteiger partial charge on any atom is -0.327 e. The van der Waals surface area contributed by atoms with Crippen LogP contribution in [0.25, 0.3) is 0 Å². The van der Waals surface area contributed by atoms with E-state index in [-0.39, 0.29) is 0 Å². The van der Waals surface area contributed by atoms with Crippen molar-refractivity contribution in [1.29, 1.82) is 0 Å². The van der Waals surface area contributed by atoms with Gasteiger partial charge in [-0.15, -0.1) is 0 Å². The number of nitrogens with one attached hydrogen (secondary N) is 1. The minimum absolute atomic E-state index is 0.378. The van der Waals surface area contributed by atoms with Gasteiger partial charge in [-0.1, -0.05) is 0 Å². The fraction of sp³-hybridized carbons (Fsp3) is 1.00. The molecule has 0 amide bonds. The molecule has 0 radical (unpaired) electrons. The van der Waals surface area contributed by atoms with E-state index in [1.807, 2.05) is 0 Å². The van der Waals surface area contributed by atoms with E-state index in [9.17, 15) is 8.42 Å². The first-order valence-corrected chi connectivity index (χ1v) is 7.05. The molecule has 0 aromatic carbocycles. The van der Waals surface area contributed by atoms with E-state index < -0.39 is 10.0 Å².